The molecule has 2 N–H and O–H groups in total. The van der Waals surface area contributed by atoms with E-state index in [2.05, 4.69) is 5.32 Å². The van der Waals surface area contributed by atoms with E-state index < -0.39 is 35.9 Å². The molecule has 0 aliphatic carbocycles. The third kappa shape index (κ3) is 4.90. The lowest BCUT2D eigenvalue weighted by Gasteiger charge is -2.30. The highest BCUT2D eigenvalue weighted by molar-refractivity contribution is 7.10. The van der Waals surface area contributed by atoms with E-state index in [9.17, 15) is 19.5 Å². The Morgan fingerprint density at radius 2 is 1.49 bits per heavy atom. The molecule has 0 radical (unpaired) electrons. The van der Waals surface area contributed by atoms with Crippen molar-refractivity contribution in [3.63, 3.8) is 0 Å². The molecule has 39 heavy (non-hydrogen) atoms. The molecular weight excluding hydrogens is 528 g/mol. The summed E-state index contributed by atoms with van der Waals surface area (Å²) in [6.45, 7) is 7.68. The number of ketones is 1. The van der Waals surface area contributed by atoms with Crippen molar-refractivity contribution in [2.75, 3.05) is 5.32 Å². The average molecular weight is 559 g/mol. The molecule has 0 bridgehead atoms. The Kier molecular flexibility index (Phi) is 7.42. The van der Waals surface area contributed by atoms with Crippen LogP contribution in [-0.4, -0.2) is 33.8 Å². The fourth-order valence-corrected chi connectivity index (χ4v) is 7.87. The van der Waals surface area contributed by atoms with Crippen LogP contribution in [0, 0.1) is 33.6 Å². The summed E-state index contributed by atoms with van der Waals surface area (Å²) in [7, 11) is 0. The number of aryl methyl sites for hydroxylation is 4. The maximum atomic E-state index is 14.5. The van der Waals surface area contributed by atoms with E-state index in [0.717, 1.165) is 32.0 Å². The van der Waals surface area contributed by atoms with Gasteiger partial charge in [0.15, 0.2) is 5.78 Å². The molecule has 2 aromatic carbocycles. The van der Waals surface area contributed by atoms with Gasteiger partial charge in [-0.2, -0.15) is 0 Å². The third-order valence-electron chi connectivity index (χ3n) is 7.51. The molecule has 3 heterocycles. The third-order valence-corrected chi connectivity index (χ3v) is 9.72. The smallest absolute Gasteiger partial charge is 0.327 e. The number of thiophene rings is 2. The molecule has 4 aromatic rings. The Bertz CT molecular complexity index is 1560. The number of nitrogens with zero attached hydrogens (tertiary/aromatic N) is 1. The van der Waals surface area contributed by atoms with Gasteiger partial charge in [0.05, 0.1) is 12.0 Å². The number of carbonyl (C=O) groups excluding carboxylic acids is 2. The van der Waals surface area contributed by atoms with Gasteiger partial charge in [-0.1, -0.05) is 36.4 Å². The van der Waals surface area contributed by atoms with E-state index >= 15 is 0 Å². The van der Waals surface area contributed by atoms with Gasteiger partial charge in [-0.3, -0.25) is 4.79 Å². The van der Waals surface area contributed by atoms with Crippen LogP contribution in [0.25, 0.3) is 0 Å². The van der Waals surface area contributed by atoms with Gasteiger partial charge in [-0.05, 0) is 85.0 Å². The summed E-state index contributed by atoms with van der Waals surface area (Å²) in [6, 6.07) is 16.1. The molecule has 2 amide bonds. The lowest BCUT2D eigenvalue weighted by atomic mass is 9.78. The zero-order valence-electron chi connectivity index (χ0n) is 22.2. The summed E-state index contributed by atoms with van der Waals surface area (Å²) in [6.07, 6.45) is 0. The van der Waals surface area contributed by atoms with E-state index in [1.807, 2.05) is 87.0 Å². The van der Waals surface area contributed by atoms with E-state index in [0.29, 0.717) is 11.3 Å². The van der Waals surface area contributed by atoms with Gasteiger partial charge in [-0.15, -0.1) is 22.7 Å². The number of benzene rings is 2. The van der Waals surface area contributed by atoms with Crippen molar-refractivity contribution in [1.82, 2.24) is 4.90 Å². The van der Waals surface area contributed by atoms with Crippen molar-refractivity contribution in [1.29, 1.82) is 0 Å². The summed E-state index contributed by atoms with van der Waals surface area (Å²) < 4.78 is 0. The first-order valence-corrected chi connectivity index (χ1v) is 14.5. The molecule has 4 atom stereocenters. The molecule has 1 saturated heterocycles. The van der Waals surface area contributed by atoms with Crippen molar-refractivity contribution < 1.29 is 19.5 Å². The topological polar surface area (TPSA) is 86.7 Å². The summed E-state index contributed by atoms with van der Waals surface area (Å²) in [4.78, 5) is 44.7. The van der Waals surface area contributed by atoms with Crippen molar-refractivity contribution >= 4 is 46.1 Å². The number of hydrogen-bond acceptors (Lipinski definition) is 5. The molecule has 1 fully saturated rings. The zero-order valence-corrected chi connectivity index (χ0v) is 23.8. The molecule has 0 saturated carbocycles. The molecule has 6 nitrogen and oxygen atoms in total. The standard InChI is InChI=1S/C31H30N2O4S2/c1-17-8-7-10-21(16-17)32-31(37)33-25(29-20(4)13-15-39-29)23(27(34)22-11-6-5-9-18(22)2)24(26(33)30(35)36)28-19(3)12-14-38-28/h5-16,23-26H,1-4H3,(H,32,37)(H,35,36). The lowest BCUT2D eigenvalue weighted by molar-refractivity contribution is -0.142. The average Bonchev–Trinajstić information content (AvgIpc) is 3.59. The predicted octanol–water partition coefficient (Wildman–Crippen LogP) is 7.37. The van der Waals surface area contributed by atoms with E-state index in [-0.39, 0.29) is 5.78 Å². The minimum absolute atomic E-state index is 0.152. The number of urea groups is 1. The molecular formula is C31H30N2O4S2. The van der Waals surface area contributed by atoms with Crippen LogP contribution >= 0.6 is 22.7 Å². The molecule has 0 spiro atoms. The highest BCUT2D eigenvalue weighted by Crippen LogP contribution is 2.54. The predicted molar refractivity (Wildman–Crippen MR) is 156 cm³/mol. The fraction of sp³-hybridized carbons (Fsp3) is 0.258. The highest BCUT2D eigenvalue weighted by Gasteiger charge is 2.59. The second kappa shape index (κ2) is 10.8. The van der Waals surface area contributed by atoms with Crippen LogP contribution in [0.1, 0.15) is 54.3 Å². The van der Waals surface area contributed by atoms with Gasteiger partial charge in [0.1, 0.15) is 6.04 Å². The van der Waals surface area contributed by atoms with Crippen molar-refractivity contribution in [2.45, 2.75) is 45.7 Å². The normalized spacial score (nSPS) is 20.7. The van der Waals surface area contributed by atoms with Crippen LogP contribution in [0.15, 0.2) is 71.4 Å². The van der Waals surface area contributed by atoms with E-state index in [4.69, 9.17) is 0 Å². The number of likely N-dealkylation sites (tertiary alicyclic amines) is 1. The number of nitrogens with one attached hydrogen (secondary N) is 1. The van der Waals surface area contributed by atoms with Gasteiger partial charge < -0.3 is 15.3 Å². The largest absolute Gasteiger partial charge is 0.480 e. The first-order valence-electron chi connectivity index (χ1n) is 12.8. The lowest BCUT2D eigenvalue weighted by Crippen LogP contribution is -2.45. The maximum Gasteiger partial charge on any atom is 0.327 e. The summed E-state index contributed by atoms with van der Waals surface area (Å²) in [5.41, 5.74) is 4.75. The summed E-state index contributed by atoms with van der Waals surface area (Å²) >= 11 is 2.89. The molecule has 1 aliphatic heterocycles. The van der Waals surface area contributed by atoms with Crippen molar-refractivity contribution in [3.05, 3.63) is 109 Å². The Labute approximate surface area is 235 Å². The number of anilines is 1. The monoisotopic (exact) mass is 558 g/mol. The quantitative estimate of drug-likeness (QED) is 0.242. The SMILES string of the molecule is Cc1cccc(NC(=O)N2C(C(=O)O)C(c3sccc3C)C(C(=O)c3ccccc3C)C2c2sccc2C)c1. The van der Waals surface area contributed by atoms with Gasteiger partial charge >= 0.3 is 12.0 Å². The number of carboxylic acids is 1. The molecule has 5 rings (SSSR count). The number of amides is 2. The van der Waals surface area contributed by atoms with Gasteiger partial charge in [0.25, 0.3) is 0 Å². The number of Topliss-reactive ketones (excluding diaryl/α,β-unsaturated/α-hetero) is 1. The maximum absolute atomic E-state index is 14.5. The fourth-order valence-electron chi connectivity index (χ4n) is 5.69. The molecule has 200 valence electrons. The number of aliphatic carboxylic acids is 1. The summed E-state index contributed by atoms with van der Waals surface area (Å²) in [5.74, 6) is -2.79. The first kappa shape index (κ1) is 26.8. The second-order valence-electron chi connectivity index (χ2n) is 10.1. The first-order chi connectivity index (χ1) is 18.7. The Hall–Kier alpha value is -3.75. The summed E-state index contributed by atoms with van der Waals surface area (Å²) in [5, 5.41) is 17.5. The molecule has 4 unspecified atom stereocenters. The van der Waals surface area contributed by atoms with Crippen LogP contribution < -0.4 is 5.32 Å². The molecule has 2 aromatic heterocycles. The van der Waals surface area contributed by atoms with Gasteiger partial charge in [-0.25, -0.2) is 9.59 Å². The van der Waals surface area contributed by atoms with E-state index in [1.165, 1.54) is 27.6 Å². The van der Waals surface area contributed by atoms with Crippen LogP contribution in [0.2, 0.25) is 0 Å². The van der Waals surface area contributed by atoms with Crippen molar-refractivity contribution in [2.24, 2.45) is 5.92 Å². The van der Waals surface area contributed by atoms with Crippen LogP contribution in [0.3, 0.4) is 0 Å². The van der Waals surface area contributed by atoms with Gasteiger partial charge in [0, 0.05) is 26.9 Å². The molecule has 8 heteroatoms. The number of carboxylic acid groups (broad SMARTS) is 1. The van der Waals surface area contributed by atoms with Crippen LogP contribution in [-0.2, 0) is 4.79 Å². The number of rotatable bonds is 6. The van der Waals surface area contributed by atoms with Crippen LogP contribution in [0.5, 0.6) is 0 Å². The van der Waals surface area contributed by atoms with Crippen molar-refractivity contribution in [3.8, 4) is 0 Å². The zero-order chi connectivity index (χ0) is 27.8. The number of hydrogen-bond donors (Lipinski definition) is 2. The van der Waals surface area contributed by atoms with Crippen LogP contribution in [0.4, 0.5) is 10.5 Å². The minimum atomic E-state index is -1.24. The Morgan fingerprint density at radius 3 is 2.08 bits per heavy atom. The Morgan fingerprint density at radius 1 is 0.821 bits per heavy atom. The molecule has 1 aliphatic rings. The van der Waals surface area contributed by atoms with E-state index in [1.54, 1.807) is 12.1 Å². The number of carbonyl (C=O) groups is 3. The second-order valence-corrected chi connectivity index (χ2v) is 12.0. The van der Waals surface area contributed by atoms with Gasteiger partial charge in [0.2, 0.25) is 0 Å². The minimum Gasteiger partial charge on any atom is -0.480 e. The highest BCUT2D eigenvalue weighted by atomic mass is 32.1. The Balaban J connectivity index is 1.73.